The van der Waals surface area contributed by atoms with Gasteiger partial charge in [-0.3, -0.25) is 0 Å². The Morgan fingerprint density at radius 1 is 1.41 bits per heavy atom. The summed E-state index contributed by atoms with van der Waals surface area (Å²) in [5.74, 6) is -0.902. The lowest BCUT2D eigenvalue weighted by Crippen LogP contribution is -2.02. The highest BCUT2D eigenvalue weighted by molar-refractivity contribution is 5.82. The molecule has 2 aromatic rings. The minimum absolute atomic E-state index is 0.194. The van der Waals surface area contributed by atoms with Crippen molar-refractivity contribution < 1.29 is 9.90 Å². The van der Waals surface area contributed by atoms with Crippen LogP contribution in [0.15, 0.2) is 30.6 Å². The van der Waals surface area contributed by atoms with Crippen LogP contribution in [0.1, 0.15) is 35.9 Å². The van der Waals surface area contributed by atoms with Crippen molar-refractivity contribution in [1.29, 1.82) is 0 Å². The van der Waals surface area contributed by atoms with E-state index in [2.05, 4.69) is 23.9 Å². The zero-order valence-corrected chi connectivity index (χ0v) is 9.66. The van der Waals surface area contributed by atoms with E-state index in [1.165, 1.54) is 16.6 Å². The maximum Gasteiger partial charge on any atom is 0.375 e. The second kappa shape index (κ2) is 4.37. The summed E-state index contributed by atoms with van der Waals surface area (Å²) in [5.41, 5.74) is 1.99. The topological polar surface area (TPSA) is 68.0 Å². The SMILES string of the molecule is CC(C)c1cccc(-n2cnc(C(=O)O)n2)c1. The van der Waals surface area contributed by atoms with E-state index < -0.39 is 5.97 Å². The maximum absolute atomic E-state index is 10.7. The van der Waals surface area contributed by atoms with Crippen LogP contribution in [-0.4, -0.2) is 25.8 Å². The lowest BCUT2D eigenvalue weighted by molar-refractivity contribution is 0.0683. The first-order valence-corrected chi connectivity index (χ1v) is 5.33. The van der Waals surface area contributed by atoms with Crippen LogP contribution in [-0.2, 0) is 0 Å². The van der Waals surface area contributed by atoms with Crippen LogP contribution in [0.5, 0.6) is 0 Å². The van der Waals surface area contributed by atoms with Crippen molar-refractivity contribution in [3.05, 3.63) is 42.0 Å². The van der Waals surface area contributed by atoms with Gasteiger partial charge in [0.25, 0.3) is 5.82 Å². The zero-order valence-electron chi connectivity index (χ0n) is 9.66. The van der Waals surface area contributed by atoms with Crippen LogP contribution in [0, 0.1) is 0 Å². The molecule has 0 aliphatic carbocycles. The summed E-state index contributed by atoms with van der Waals surface area (Å²) in [4.78, 5) is 14.4. The third kappa shape index (κ3) is 2.33. The summed E-state index contributed by atoms with van der Waals surface area (Å²) in [7, 11) is 0. The van der Waals surface area contributed by atoms with Crippen LogP contribution in [0.2, 0.25) is 0 Å². The summed E-state index contributed by atoms with van der Waals surface area (Å²) in [5, 5.41) is 12.6. The molecular formula is C12H13N3O2. The van der Waals surface area contributed by atoms with Gasteiger partial charge >= 0.3 is 5.97 Å². The van der Waals surface area contributed by atoms with Gasteiger partial charge in [0.2, 0.25) is 0 Å². The molecule has 0 radical (unpaired) electrons. The number of rotatable bonds is 3. The number of carboxylic acids is 1. The second-order valence-electron chi connectivity index (χ2n) is 4.07. The zero-order chi connectivity index (χ0) is 12.4. The molecule has 0 saturated carbocycles. The molecule has 0 spiro atoms. The van der Waals surface area contributed by atoms with Crippen LogP contribution < -0.4 is 0 Å². The van der Waals surface area contributed by atoms with Gasteiger partial charge in [-0.05, 0) is 23.6 Å². The molecule has 17 heavy (non-hydrogen) atoms. The number of hydrogen-bond acceptors (Lipinski definition) is 3. The second-order valence-corrected chi connectivity index (χ2v) is 4.07. The number of nitrogens with zero attached hydrogens (tertiary/aromatic N) is 3. The molecule has 1 aromatic heterocycles. The molecule has 1 heterocycles. The van der Waals surface area contributed by atoms with Gasteiger partial charge in [-0.15, -0.1) is 5.10 Å². The molecule has 0 unspecified atom stereocenters. The van der Waals surface area contributed by atoms with E-state index in [0.717, 1.165) is 5.69 Å². The molecule has 0 atom stereocenters. The van der Waals surface area contributed by atoms with Gasteiger partial charge < -0.3 is 5.11 Å². The fourth-order valence-corrected chi connectivity index (χ4v) is 1.51. The first-order valence-electron chi connectivity index (χ1n) is 5.33. The van der Waals surface area contributed by atoms with Gasteiger partial charge in [0.1, 0.15) is 6.33 Å². The molecule has 1 N–H and O–H groups in total. The van der Waals surface area contributed by atoms with Gasteiger partial charge in [0, 0.05) is 0 Å². The molecule has 2 rings (SSSR count). The Morgan fingerprint density at radius 3 is 2.76 bits per heavy atom. The Balaban J connectivity index is 2.38. The molecular weight excluding hydrogens is 218 g/mol. The fourth-order valence-electron chi connectivity index (χ4n) is 1.51. The van der Waals surface area contributed by atoms with Crippen LogP contribution >= 0.6 is 0 Å². The molecule has 0 aliphatic rings. The number of hydrogen-bond donors (Lipinski definition) is 1. The third-order valence-electron chi connectivity index (χ3n) is 2.48. The largest absolute Gasteiger partial charge is 0.475 e. The van der Waals surface area contributed by atoms with E-state index >= 15 is 0 Å². The molecule has 0 bridgehead atoms. The van der Waals surface area contributed by atoms with Gasteiger partial charge in [-0.1, -0.05) is 26.0 Å². The quantitative estimate of drug-likeness (QED) is 0.878. The maximum atomic E-state index is 10.7. The predicted octanol–water partition coefficient (Wildman–Crippen LogP) is 2.09. The molecule has 0 saturated heterocycles. The number of carbonyl (C=O) groups is 1. The minimum Gasteiger partial charge on any atom is -0.475 e. The number of benzene rings is 1. The molecule has 5 nitrogen and oxygen atoms in total. The monoisotopic (exact) mass is 231 g/mol. The lowest BCUT2D eigenvalue weighted by Gasteiger charge is -2.07. The van der Waals surface area contributed by atoms with Crippen molar-refractivity contribution in [1.82, 2.24) is 14.8 Å². The first kappa shape index (κ1) is 11.3. The van der Waals surface area contributed by atoms with Crippen molar-refractivity contribution in [2.75, 3.05) is 0 Å². The van der Waals surface area contributed by atoms with Crippen molar-refractivity contribution >= 4 is 5.97 Å². The highest BCUT2D eigenvalue weighted by Crippen LogP contribution is 2.17. The van der Waals surface area contributed by atoms with E-state index in [0.29, 0.717) is 5.92 Å². The lowest BCUT2D eigenvalue weighted by atomic mass is 10.0. The Hall–Kier alpha value is -2.17. The van der Waals surface area contributed by atoms with Crippen molar-refractivity contribution in [3.63, 3.8) is 0 Å². The fraction of sp³-hybridized carbons (Fsp3) is 0.250. The van der Waals surface area contributed by atoms with Gasteiger partial charge in [-0.25, -0.2) is 14.5 Å². The van der Waals surface area contributed by atoms with Crippen molar-refractivity contribution in [3.8, 4) is 5.69 Å². The summed E-state index contributed by atoms with van der Waals surface area (Å²) >= 11 is 0. The third-order valence-corrected chi connectivity index (χ3v) is 2.48. The van der Waals surface area contributed by atoms with E-state index in [1.807, 2.05) is 24.3 Å². The van der Waals surface area contributed by atoms with Crippen LogP contribution in [0.25, 0.3) is 5.69 Å². The van der Waals surface area contributed by atoms with Gasteiger partial charge in [-0.2, -0.15) is 0 Å². The number of aromatic nitrogens is 3. The van der Waals surface area contributed by atoms with Crippen molar-refractivity contribution in [2.45, 2.75) is 19.8 Å². The Labute approximate surface area is 98.7 Å². The summed E-state index contributed by atoms with van der Waals surface area (Å²) in [6.07, 6.45) is 1.41. The highest BCUT2D eigenvalue weighted by Gasteiger charge is 2.10. The van der Waals surface area contributed by atoms with E-state index in [1.54, 1.807) is 0 Å². The Morgan fingerprint density at radius 2 is 2.18 bits per heavy atom. The molecule has 0 fully saturated rings. The van der Waals surface area contributed by atoms with Crippen LogP contribution in [0.3, 0.4) is 0 Å². The smallest absolute Gasteiger partial charge is 0.375 e. The molecule has 1 aromatic carbocycles. The van der Waals surface area contributed by atoms with Crippen LogP contribution in [0.4, 0.5) is 0 Å². The molecule has 0 aliphatic heterocycles. The van der Waals surface area contributed by atoms with E-state index in [9.17, 15) is 4.79 Å². The highest BCUT2D eigenvalue weighted by atomic mass is 16.4. The average molecular weight is 231 g/mol. The standard InChI is InChI=1S/C12H13N3O2/c1-8(2)9-4-3-5-10(6-9)15-7-13-11(14-15)12(16)17/h3-8H,1-2H3,(H,16,17). The summed E-state index contributed by atoms with van der Waals surface area (Å²) in [6.45, 7) is 4.20. The van der Waals surface area contributed by atoms with Crippen molar-refractivity contribution in [2.24, 2.45) is 0 Å². The molecule has 0 amide bonds. The van der Waals surface area contributed by atoms with E-state index in [-0.39, 0.29) is 5.82 Å². The average Bonchev–Trinajstić information content (AvgIpc) is 2.78. The molecule has 5 heteroatoms. The molecule has 88 valence electrons. The summed E-state index contributed by atoms with van der Waals surface area (Å²) < 4.78 is 1.47. The normalized spacial score (nSPS) is 10.8. The number of carboxylic acid groups (broad SMARTS) is 1. The predicted molar refractivity (Wildman–Crippen MR) is 62.4 cm³/mol. The Bertz CT molecular complexity index is 546. The first-order chi connectivity index (χ1) is 8.08. The minimum atomic E-state index is -1.12. The Kier molecular flexibility index (Phi) is 2.91. The summed E-state index contributed by atoms with van der Waals surface area (Å²) in [6, 6.07) is 7.80. The number of aromatic carboxylic acids is 1. The van der Waals surface area contributed by atoms with Gasteiger partial charge in [0.05, 0.1) is 5.69 Å². The van der Waals surface area contributed by atoms with Gasteiger partial charge in [0.15, 0.2) is 0 Å². The van der Waals surface area contributed by atoms with E-state index in [4.69, 9.17) is 5.11 Å².